The molecular formula is C12H24N4. The van der Waals surface area contributed by atoms with E-state index in [1.54, 1.807) is 6.33 Å². The van der Waals surface area contributed by atoms with Gasteiger partial charge in [0, 0.05) is 12.6 Å². The van der Waals surface area contributed by atoms with Gasteiger partial charge in [-0.25, -0.2) is 9.67 Å². The maximum atomic E-state index is 4.28. The van der Waals surface area contributed by atoms with E-state index in [0.29, 0.717) is 6.04 Å². The Morgan fingerprint density at radius 1 is 1.44 bits per heavy atom. The Morgan fingerprint density at radius 3 is 2.69 bits per heavy atom. The predicted molar refractivity (Wildman–Crippen MR) is 66.1 cm³/mol. The molecule has 1 aromatic rings. The van der Waals surface area contributed by atoms with Crippen LogP contribution in [0.25, 0.3) is 0 Å². The van der Waals surface area contributed by atoms with E-state index >= 15 is 0 Å². The Balaban J connectivity index is 2.51. The Bertz CT molecular complexity index is 311. The number of hydrogen-bond acceptors (Lipinski definition) is 3. The van der Waals surface area contributed by atoms with Crippen molar-refractivity contribution in [2.45, 2.75) is 60.2 Å². The average molecular weight is 224 g/mol. The van der Waals surface area contributed by atoms with Gasteiger partial charge in [-0.1, -0.05) is 27.7 Å². The van der Waals surface area contributed by atoms with E-state index in [2.05, 4.69) is 50.0 Å². The van der Waals surface area contributed by atoms with E-state index in [1.165, 1.54) is 0 Å². The first-order valence-corrected chi connectivity index (χ1v) is 6.05. The zero-order valence-corrected chi connectivity index (χ0v) is 11.1. The van der Waals surface area contributed by atoms with Gasteiger partial charge in [0.05, 0.1) is 6.54 Å². The summed E-state index contributed by atoms with van der Waals surface area (Å²) in [4.78, 5) is 4.28. The van der Waals surface area contributed by atoms with Gasteiger partial charge in [-0.05, 0) is 18.8 Å². The topological polar surface area (TPSA) is 42.7 Å². The normalized spacial score (nSPS) is 14.1. The van der Waals surface area contributed by atoms with Crippen LogP contribution in [0.1, 0.15) is 46.9 Å². The predicted octanol–water partition coefficient (Wildman–Crippen LogP) is 2.21. The zero-order valence-electron chi connectivity index (χ0n) is 11.1. The highest BCUT2D eigenvalue weighted by Crippen LogP contribution is 2.18. The molecule has 0 aliphatic rings. The maximum Gasteiger partial charge on any atom is 0.140 e. The lowest BCUT2D eigenvalue weighted by Crippen LogP contribution is -2.37. The summed E-state index contributed by atoms with van der Waals surface area (Å²) in [5.41, 5.74) is 0.273. The summed E-state index contributed by atoms with van der Waals surface area (Å²) in [6.07, 6.45) is 2.72. The molecule has 1 atom stereocenters. The first-order chi connectivity index (χ1) is 7.45. The Morgan fingerprint density at radius 2 is 2.12 bits per heavy atom. The summed E-state index contributed by atoms with van der Waals surface area (Å²) in [6.45, 7) is 12.8. The van der Waals surface area contributed by atoms with Crippen LogP contribution >= 0.6 is 0 Å². The molecule has 0 aliphatic heterocycles. The second kappa shape index (κ2) is 5.43. The van der Waals surface area contributed by atoms with Crippen molar-refractivity contribution in [1.29, 1.82) is 0 Å². The van der Waals surface area contributed by atoms with Crippen molar-refractivity contribution in [1.82, 2.24) is 20.1 Å². The van der Waals surface area contributed by atoms with Crippen LogP contribution < -0.4 is 5.32 Å². The summed E-state index contributed by atoms with van der Waals surface area (Å²) < 4.78 is 1.97. The van der Waals surface area contributed by atoms with E-state index in [1.807, 2.05) is 4.68 Å². The lowest BCUT2D eigenvalue weighted by Gasteiger charge is -2.28. The zero-order chi connectivity index (χ0) is 12.2. The standard InChI is InChI=1S/C12H24N4/c1-6-7-16-11(14-9-15-16)8-13-10(2)12(3,4)5/h9-10,13H,6-8H2,1-5H3. The molecule has 0 saturated carbocycles. The second-order valence-electron chi connectivity index (χ2n) is 5.37. The highest BCUT2D eigenvalue weighted by Gasteiger charge is 2.19. The van der Waals surface area contributed by atoms with Crippen molar-refractivity contribution < 1.29 is 0 Å². The van der Waals surface area contributed by atoms with Crippen molar-refractivity contribution in [3.05, 3.63) is 12.2 Å². The molecule has 0 saturated heterocycles. The molecule has 0 spiro atoms. The lowest BCUT2D eigenvalue weighted by atomic mass is 9.88. The van der Waals surface area contributed by atoms with E-state index in [0.717, 1.165) is 25.3 Å². The largest absolute Gasteiger partial charge is 0.307 e. The molecule has 1 rings (SSSR count). The van der Waals surface area contributed by atoms with E-state index in [4.69, 9.17) is 0 Å². The van der Waals surface area contributed by atoms with Gasteiger partial charge in [-0.2, -0.15) is 5.10 Å². The van der Waals surface area contributed by atoms with Crippen molar-refractivity contribution in [3.8, 4) is 0 Å². The van der Waals surface area contributed by atoms with Gasteiger partial charge in [0.1, 0.15) is 12.2 Å². The van der Waals surface area contributed by atoms with Crippen LogP contribution in [0.3, 0.4) is 0 Å². The van der Waals surface area contributed by atoms with Crippen molar-refractivity contribution in [2.24, 2.45) is 5.41 Å². The van der Waals surface area contributed by atoms with Gasteiger partial charge in [0.15, 0.2) is 0 Å². The first-order valence-electron chi connectivity index (χ1n) is 6.05. The molecule has 0 fully saturated rings. The first kappa shape index (κ1) is 13.2. The van der Waals surface area contributed by atoms with Crippen LogP contribution in [-0.2, 0) is 13.1 Å². The molecule has 92 valence electrons. The summed E-state index contributed by atoms with van der Waals surface area (Å²) in [7, 11) is 0. The number of nitrogens with one attached hydrogen (secondary N) is 1. The Hall–Kier alpha value is -0.900. The minimum atomic E-state index is 0.273. The quantitative estimate of drug-likeness (QED) is 0.834. The molecule has 1 heterocycles. The van der Waals surface area contributed by atoms with Gasteiger partial charge < -0.3 is 5.32 Å². The van der Waals surface area contributed by atoms with E-state index < -0.39 is 0 Å². The third-order valence-electron chi connectivity index (χ3n) is 3.00. The summed E-state index contributed by atoms with van der Waals surface area (Å²) in [6, 6.07) is 0.458. The third-order valence-corrected chi connectivity index (χ3v) is 3.00. The molecule has 1 N–H and O–H groups in total. The highest BCUT2D eigenvalue weighted by atomic mass is 15.3. The minimum absolute atomic E-state index is 0.273. The molecule has 4 nitrogen and oxygen atoms in total. The van der Waals surface area contributed by atoms with Crippen LogP contribution in [0.4, 0.5) is 0 Å². The van der Waals surface area contributed by atoms with E-state index in [-0.39, 0.29) is 5.41 Å². The molecule has 0 aliphatic carbocycles. The molecule has 0 radical (unpaired) electrons. The minimum Gasteiger partial charge on any atom is -0.307 e. The molecular weight excluding hydrogens is 200 g/mol. The second-order valence-corrected chi connectivity index (χ2v) is 5.37. The van der Waals surface area contributed by atoms with Crippen LogP contribution in [0.15, 0.2) is 6.33 Å². The molecule has 0 aromatic carbocycles. The highest BCUT2D eigenvalue weighted by molar-refractivity contribution is 4.86. The van der Waals surface area contributed by atoms with Crippen molar-refractivity contribution >= 4 is 0 Å². The summed E-state index contributed by atoms with van der Waals surface area (Å²) >= 11 is 0. The molecule has 0 bridgehead atoms. The smallest absolute Gasteiger partial charge is 0.140 e. The monoisotopic (exact) mass is 224 g/mol. The number of aromatic nitrogens is 3. The van der Waals surface area contributed by atoms with Crippen molar-refractivity contribution in [2.75, 3.05) is 0 Å². The average Bonchev–Trinajstić information content (AvgIpc) is 2.61. The molecule has 1 unspecified atom stereocenters. The number of hydrogen-bond donors (Lipinski definition) is 1. The van der Waals surface area contributed by atoms with Gasteiger partial charge in [-0.15, -0.1) is 0 Å². The van der Waals surface area contributed by atoms with Gasteiger partial charge in [0.25, 0.3) is 0 Å². The summed E-state index contributed by atoms with van der Waals surface area (Å²) in [5.74, 6) is 1.03. The van der Waals surface area contributed by atoms with Gasteiger partial charge in [0.2, 0.25) is 0 Å². The van der Waals surface area contributed by atoms with Crippen molar-refractivity contribution in [3.63, 3.8) is 0 Å². The summed E-state index contributed by atoms with van der Waals surface area (Å²) in [5, 5.41) is 7.71. The molecule has 4 heteroatoms. The fraction of sp³-hybridized carbons (Fsp3) is 0.833. The van der Waals surface area contributed by atoms with E-state index in [9.17, 15) is 0 Å². The number of nitrogens with zero attached hydrogens (tertiary/aromatic N) is 3. The molecule has 16 heavy (non-hydrogen) atoms. The SMILES string of the molecule is CCCn1ncnc1CNC(C)C(C)(C)C. The fourth-order valence-corrected chi connectivity index (χ4v) is 1.37. The van der Waals surface area contributed by atoms with Gasteiger partial charge >= 0.3 is 0 Å². The Labute approximate surface area is 98.5 Å². The number of rotatable bonds is 5. The van der Waals surface area contributed by atoms with Crippen LogP contribution in [0, 0.1) is 5.41 Å². The number of aryl methyl sites for hydroxylation is 1. The van der Waals surface area contributed by atoms with Crippen LogP contribution in [0.2, 0.25) is 0 Å². The fourth-order valence-electron chi connectivity index (χ4n) is 1.37. The Kier molecular flexibility index (Phi) is 4.47. The van der Waals surface area contributed by atoms with Gasteiger partial charge in [-0.3, -0.25) is 0 Å². The van der Waals surface area contributed by atoms with Crippen LogP contribution in [0.5, 0.6) is 0 Å². The molecule has 0 amide bonds. The molecule has 1 aromatic heterocycles. The lowest BCUT2D eigenvalue weighted by molar-refractivity contribution is 0.281. The third kappa shape index (κ3) is 3.59. The van der Waals surface area contributed by atoms with Crippen LogP contribution in [-0.4, -0.2) is 20.8 Å². The maximum absolute atomic E-state index is 4.28.